The molecule has 6 rings (SSSR count). The quantitative estimate of drug-likeness (QED) is 0.373. The van der Waals surface area contributed by atoms with Crippen LogP contribution in [0.15, 0.2) is 60.8 Å². The number of carbonyl (C=O) groups excluding carboxylic acids is 1. The summed E-state index contributed by atoms with van der Waals surface area (Å²) in [5.74, 6) is 1.05. The second kappa shape index (κ2) is 11.1. The van der Waals surface area contributed by atoms with Crippen molar-refractivity contribution in [2.24, 2.45) is 5.73 Å². The maximum absolute atomic E-state index is 11.6. The highest BCUT2D eigenvalue weighted by Crippen LogP contribution is 2.45. The van der Waals surface area contributed by atoms with Crippen LogP contribution < -0.4 is 15.2 Å². The first-order valence-corrected chi connectivity index (χ1v) is 14.6. The Labute approximate surface area is 246 Å². The van der Waals surface area contributed by atoms with Crippen LogP contribution >= 0.6 is 11.6 Å². The van der Waals surface area contributed by atoms with Gasteiger partial charge < -0.3 is 24.8 Å². The molecule has 7 nitrogen and oxygen atoms in total. The predicted molar refractivity (Wildman–Crippen MR) is 159 cm³/mol. The van der Waals surface area contributed by atoms with Crippen LogP contribution in [-0.4, -0.2) is 41.0 Å². The van der Waals surface area contributed by atoms with E-state index in [0.29, 0.717) is 19.0 Å². The largest absolute Gasteiger partial charge is 0.487 e. The van der Waals surface area contributed by atoms with Crippen molar-refractivity contribution in [1.82, 2.24) is 9.88 Å². The normalized spacial score (nSPS) is 18.8. The number of halogens is 1. The van der Waals surface area contributed by atoms with Gasteiger partial charge in [0.15, 0.2) is 0 Å². The second-order valence-corrected chi connectivity index (χ2v) is 12.2. The highest BCUT2D eigenvalue weighted by Gasteiger charge is 2.42. The second-order valence-electron chi connectivity index (χ2n) is 11.8. The highest BCUT2D eigenvalue weighted by molar-refractivity contribution is 6.30. The first-order valence-electron chi connectivity index (χ1n) is 14.3. The smallest absolute Gasteiger partial charge is 0.221 e. The Kier molecular flexibility index (Phi) is 7.53. The molecule has 0 bridgehead atoms. The van der Waals surface area contributed by atoms with Gasteiger partial charge in [-0.05, 0) is 86.2 Å². The third kappa shape index (κ3) is 5.85. The Morgan fingerprint density at radius 1 is 1.15 bits per heavy atom. The van der Waals surface area contributed by atoms with Gasteiger partial charge in [0.2, 0.25) is 5.91 Å². The summed E-state index contributed by atoms with van der Waals surface area (Å²) in [5, 5.41) is 0.769. The van der Waals surface area contributed by atoms with Gasteiger partial charge in [0.1, 0.15) is 23.7 Å². The Hall–Kier alpha value is -3.39. The molecular weight excluding hydrogens is 538 g/mol. The van der Waals surface area contributed by atoms with E-state index in [1.54, 1.807) is 6.20 Å². The average Bonchev–Trinajstić information content (AvgIpc) is 3.19. The molecule has 1 aromatic heterocycles. The Morgan fingerprint density at radius 2 is 1.98 bits per heavy atom. The summed E-state index contributed by atoms with van der Waals surface area (Å²) >= 11 is 6.22. The summed E-state index contributed by atoms with van der Waals surface area (Å²) in [6, 6.07) is 16.0. The fourth-order valence-electron chi connectivity index (χ4n) is 6.36. The zero-order chi connectivity index (χ0) is 28.6. The van der Waals surface area contributed by atoms with E-state index in [4.69, 9.17) is 31.5 Å². The van der Waals surface area contributed by atoms with E-state index in [-0.39, 0.29) is 12.0 Å². The van der Waals surface area contributed by atoms with E-state index < -0.39 is 11.5 Å². The molecule has 1 spiro atoms. The van der Waals surface area contributed by atoms with Crippen LogP contribution in [0.1, 0.15) is 67.5 Å². The standard InChI is InChI=1S/C33H36ClN3O4/c1-32(2,19-31(35)38)41-24-8-10-30-27(18-24)25(26-5-3-13-36-29(26)21-39-30)6-4-14-37-15-11-33(12-16-37)28-9-7-23(34)17-22(28)20-40-33/h3,5-10,13,17-18H,4,11-12,14-16,19-21H2,1-2H3,(H2,35,38)/b25-6+. The molecule has 2 aromatic carbocycles. The third-order valence-electron chi connectivity index (χ3n) is 8.30. The predicted octanol–water partition coefficient (Wildman–Crippen LogP) is 6.00. The Balaban J connectivity index is 1.20. The van der Waals surface area contributed by atoms with E-state index in [1.165, 1.54) is 11.1 Å². The minimum Gasteiger partial charge on any atom is -0.487 e. The minimum absolute atomic E-state index is 0.123. The number of nitrogens with zero attached hydrogens (tertiary/aromatic N) is 2. The van der Waals surface area contributed by atoms with Crippen LogP contribution in [0.2, 0.25) is 5.02 Å². The number of carbonyl (C=O) groups is 1. The topological polar surface area (TPSA) is 86.9 Å². The maximum Gasteiger partial charge on any atom is 0.221 e. The molecule has 0 aliphatic carbocycles. The van der Waals surface area contributed by atoms with Gasteiger partial charge in [-0.25, -0.2) is 0 Å². The Morgan fingerprint density at radius 3 is 2.78 bits per heavy atom. The number of hydrogen-bond acceptors (Lipinski definition) is 6. The first-order chi connectivity index (χ1) is 19.7. The molecule has 1 amide bonds. The van der Waals surface area contributed by atoms with Gasteiger partial charge in [0, 0.05) is 42.0 Å². The van der Waals surface area contributed by atoms with Crippen LogP contribution in [0.25, 0.3) is 5.57 Å². The van der Waals surface area contributed by atoms with Crippen molar-refractivity contribution < 1.29 is 19.0 Å². The van der Waals surface area contributed by atoms with Crippen LogP contribution in [0.3, 0.4) is 0 Å². The number of fused-ring (bicyclic) bond motifs is 4. The van der Waals surface area contributed by atoms with E-state index in [1.807, 2.05) is 50.2 Å². The molecule has 41 heavy (non-hydrogen) atoms. The first kappa shape index (κ1) is 27.8. The lowest BCUT2D eigenvalue weighted by atomic mass is 9.84. The van der Waals surface area contributed by atoms with Crippen LogP contribution in [0.4, 0.5) is 0 Å². The van der Waals surface area contributed by atoms with Crippen molar-refractivity contribution in [1.29, 1.82) is 0 Å². The van der Waals surface area contributed by atoms with Crippen molar-refractivity contribution in [2.75, 3.05) is 19.6 Å². The molecule has 3 aliphatic rings. The van der Waals surface area contributed by atoms with Crippen LogP contribution in [0, 0.1) is 0 Å². The third-order valence-corrected chi connectivity index (χ3v) is 8.53. The number of pyridine rings is 1. The summed E-state index contributed by atoms with van der Waals surface area (Å²) in [6.45, 7) is 7.68. The molecule has 4 heterocycles. The fourth-order valence-corrected chi connectivity index (χ4v) is 6.55. The molecule has 1 fully saturated rings. The summed E-state index contributed by atoms with van der Waals surface area (Å²) in [6.07, 6.45) is 7.04. The van der Waals surface area contributed by atoms with Gasteiger partial charge in [-0.15, -0.1) is 0 Å². The van der Waals surface area contributed by atoms with Gasteiger partial charge in [-0.2, -0.15) is 0 Å². The summed E-state index contributed by atoms with van der Waals surface area (Å²) in [7, 11) is 0. The van der Waals surface area contributed by atoms with Crippen LogP contribution in [0.5, 0.6) is 11.5 Å². The molecule has 3 aromatic rings. The van der Waals surface area contributed by atoms with Crippen LogP contribution in [-0.2, 0) is 28.3 Å². The fraction of sp³-hybridized carbons (Fsp3) is 0.394. The summed E-state index contributed by atoms with van der Waals surface area (Å²) in [4.78, 5) is 18.7. The van der Waals surface area contributed by atoms with E-state index in [2.05, 4.69) is 28.1 Å². The molecule has 0 saturated carbocycles. The number of nitrogens with two attached hydrogens (primary N) is 1. The van der Waals surface area contributed by atoms with Gasteiger partial charge in [0.05, 0.1) is 24.3 Å². The molecule has 3 aliphatic heterocycles. The number of amides is 1. The average molecular weight is 574 g/mol. The molecular formula is C33H36ClN3O4. The molecule has 0 radical (unpaired) electrons. The van der Waals surface area contributed by atoms with Crippen molar-refractivity contribution in [2.45, 2.75) is 63.9 Å². The monoisotopic (exact) mass is 573 g/mol. The van der Waals surface area contributed by atoms with Crippen molar-refractivity contribution in [3.05, 3.63) is 93.8 Å². The number of benzene rings is 2. The number of primary amides is 1. The number of likely N-dealkylation sites (tertiary alicyclic amines) is 1. The number of aromatic nitrogens is 1. The van der Waals surface area contributed by atoms with E-state index >= 15 is 0 Å². The molecule has 0 unspecified atom stereocenters. The molecule has 0 atom stereocenters. The van der Waals surface area contributed by atoms with Gasteiger partial charge in [-0.1, -0.05) is 29.8 Å². The lowest BCUT2D eigenvalue weighted by Crippen LogP contribution is -2.42. The van der Waals surface area contributed by atoms with Gasteiger partial charge in [-0.3, -0.25) is 9.78 Å². The highest BCUT2D eigenvalue weighted by atomic mass is 35.5. The molecule has 2 N–H and O–H groups in total. The minimum atomic E-state index is -0.726. The zero-order valence-corrected chi connectivity index (χ0v) is 24.4. The number of piperidine rings is 1. The number of rotatable bonds is 7. The lowest BCUT2D eigenvalue weighted by Gasteiger charge is -2.39. The van der Waals surface area contributed by atoms with Gasteiger partial charge in [0.25, 0.3) is 0 Å². The summed E-state index contributed by atoms with van der Waals surface area (Å²) in [5.41, 5.74) is 11.1. The van der Waals surface area contributed by atoms with Gasteiger partial charge >= 0.3 is 0 Å². The number of hydrogen-bond donors (Lipinski definition) is 1. The number of ether oxygens (including phenoxy) is 3. The SMILES string of the molecule is CC(C)(CC(N)=O)Oc1ccc2c(c1)/C(=C/CCN1CCC3(CC1)OCc1cc(Cl)ccc13)c1cccnc1CO2. The summed E-state index contributed by atoms with van der Waals surface area (Å²) < 4.78 is 18.7. The Bertz CT molecular complexity index is 1490. The zero-order valence-electron chi connectivity index (χ0n) is 23.6. The molecule has 1 saturated heterocycles. The van der Waals surface area contributed by atoms with E-state index in [9.17, 15) is 4.79 Å². The van der Waals surface area contributed by atoms with Crippen molar-refractivity contribution >= 4 is 23.1 Å². The molecule has 8 heteroatoms. The molecule has 214 valence electrons. The van der Waals surface area contributed by atoms with E-state index in [0.717, 1.165) is 72.1 Å². The maximum atomic E-state index is 11.6. The lowest BCUT2D eigenvalue weighted by molar-refractivity contribution is -0.121. The van der Waals surface area contributed by atoms with Crippen molar-refractivity contribution in [3.8, 4) is 11.5 Å². The van der Waals surface area contributed by atoms with Crippen molar-refractivity contribution in [3.63, 3.8) is 0 Å².